The molecule has 0 aliphatic rings. The van der Waals surface area contributed by atoms with Gasteiger partial charge in [0.25, 0.3) is 0 Å². The van der Waals surface area contributed by atoms with Gasteiger partial charge in [0.2, 0.25) is 6.08 Å². The molecule has 0 saturated heterocycles. The summed E-state index contributed by atoms with van der Waals surface area (Å²) in [4.78, 5) is 8.35. The fourth-order valence-electron chi connectivity index (χ4n) is 1.02. The molecule has 0 atom stereocenters. The van der Waals surface area contributed by atoms with Gasteiger partial charge in [-0.2, -0.15) is 0 Å². The van der Waals surface area contributed by atoms with Crippen molar-refractivity contribution in [1.82, 2.24) is 0 Å². The molecule has 1 rings (SSSR count). The first-order valence-electron chi connectivity index (χ1n) is 5.93. The van der Waals surface area contributed by atoms with Crippen LogP contribution >= 0.6 is 0 Å². The molecule has 0 fully saturated rings. The van der Waals surface area contributed by atoms with E-state index in [9.17, 15) is 0 Å². The molecule has 0 bridgehead atoms. The van der Waals surface area contributed by atoms with E-state index in [4.69, 9.17) is 25.5 Å². The van der Waals surface area contributed by atoms with E-state index in [0.717, 1.165) is 6.08 Å². The average molecular weight is 269 g/mol. The van der Waals surface area contributed by atoms with E-state index in [1.54, 1.807) is 0 Å². The van der Waals surface area contributed by atoms with Crippen LogP contribution in [-0.4, -0.2) is 41.2 Å². The van der Waals surface area contributed by atoms with Crippen molar-refractivity contribution in [2.24, 2.45) is 5.41 Å². The second kappa shape index (κ2) is 12.9. The highest BCUT2D eigenvalue weighted by molar-refractivity contribution is 5.26. The van der Waals surface area contributed by atoms with Crippen LogP contribution in [0.25, 0.3) is 0 Å². The van der Waals surface area contributed by atoms with E-state index >= 15 is 0 Å². The van der Waals surface area contributed by atoms with Gasteiger partial charge in [-0.25, -0.2) is 10.2 Å². The zero-order valence-corrected chi connectivity index (χ0v) is 11.5. The lowest BCUT2D eigenvalue weighted by Crippen LogP contribution is -2.32. The van der Waals surface area contributed by atoms with Gasteiger partial charge >= 0.3 is 0 Å². The lowest BCUT2D eigenvalue weighted by molar-refractivity contribution is 0.00304. The molecule has 0 aliphatic heterocycles. The Morgan fingerprint density at radius 1 is 1.11 bits per heavy atom. The van der Waals surface area contributed by atoms with Gasteiger partial charge in [-0.3, -0.25) is 0 Å². The third kappa shape index (κ3) is 10.1. The van der Waals surface area contributed by atoms with Crippen molar-refractivity contribution < 1.29 is 20.1 Å². The van der Waals surface area contributed by atoms with Crippen molar-refractivity contribution in [1.29, 1.82) is 5.41 Å². The number of hydrogen-bond donors (Lipinski definition) is 4. The molecule has 0 unspecified atom stereocenters. The third-order valence-electron chi connectivity index (χ3n) is 2.70. The summed E-state index contributed by atoms with van der Waals surface area (Å²) in [5.74, 6) is 0. The number of carbonyl (C=O) groups excluding carboxylic acids is 1. The van der Waals surface area contributed by atoms with E-state index in [2.05, 4.69) is 19.1 Å². The molecule has 1 aromatic rings. The standard InChI is InChI=1S/C7H8.C6H14O3.CHNO/c1-7-5-3-2-4-6-7;1-2-6(3-7,4-8)5-9;2-1-3/h2-6H,1H3;7-9H,2-5H2,1H3;2H. The molecule has 0 aliphatic carbocycles. The molecule has 108 valence electrons. The Bertz CT molecular complexity index is 313. The minimum absolute atomic E-state index is 0.156. The quantitative estimate of drug-likeness (QED) is 0.488. The molecular formula is C14H23NO4. The summed E-state index contributed by atoms with van der Waals surface area (Å²) in [5, 5.41) is 31.4. The monoisotopic (exact) mass is 269 g/mol. The molecule has 5 heteroatoms. The largest absolute Gasteiger partial charge is 0.396 e. The van der Waals surface area contributed by atoms with Crippen LogP contribution in [0.1, 0.15) is 18.9 Å². The summed E-state index contributed by atoms with van der Waals surface area (Å²) in [7, 11) is 0. The number of isocyanates is 1. The van der Waals surface area contributed by atoms with Crippen molar-refractivity contribution in [3.63, 3.8) is 0 Å². The van der Waals surface area contributed by atoms with Crippen LogP contribution in [0.2, 0.25) is 0 Å². The van der Waals surface area contributed by atoms with Crippen molar-refractivity contribution in [3.8, 4) is 0 Å². The molecule has 0 amide bonds. The van der Waals surface area contributed by atoms with Crippen molar-refractivity contribution in [3.05, 3.63) is 35.9 Å². The Morgan fingerprint density at radius 2 is 1.47 bits per heavy atom. The topological polar surface area (TPSA) is 102 Å². The molecule has 1 aromatic carbocycles. The van der Waals surface area contributed by atoms with E-state index in [1.165, 1.54) is 5.56 Å². The predicted molar refractivity (Wildman–Crippen MR) is 73.6 cm³/mol. The molecule has 0 radical (unpaired) electrons. The van der Waals surface area contributed by atoms with Crippen LogP contribution in [0.5, 0.6) is 0 Å². The first-order chi connectivity index (χ1) is 9.05. The second-order valence-corrected chi connectivity index (χ2v) is 4.08. The normalized spacial score (nSPS) is 9.32. The van der Waals surface area contributed by atoms with Crippen LogP contribution in [0.3, 0.4) is 0 Å². The van der Waals surface area contributed by atoms with E-state index in [0.29, 0.717) is 6.42 Å². The molecule has 0 spiro atoms. The first-order valence-corrected chi connectivity index (χ1v) is 5.93. The Morgan fingerprint density at radius 3 is 1.58 bits per heavy atom. The van der Waals surface area contributed by atoms with Crippen LogP contribution in [-0.2, 0) is 4.79 Å². The fourth-order valence-corrected chi connectivity index (χ4v) is 1.02. The minimum Gasteiger partial charge on any atom is -0.396 e. The zero-order valence-electron chi connectivity index (χ0n) is 11.5. The van der Waals surface area contributed by atoms with Gasteiger partial charge in [-0.15, -0.1) is 0 Å². The Hall–Kier alpha value is -1.52. The number of benzene rings is 1. The molecule has 0 saturated carbocycles. The molecule has 0 heterocycles. The lowest BCUT2D eigenvalue weighted by Gasteiger charge is -2.24. The van der Waals surface area contributed by atoms with Crippen LogP contribution in [0, 0.1) is 17.7 Å². The van der Waals surface area contributed by atoms with E-state index in [-0.39, 0.29) is 19.8 Å². The highest BCUT2D eigenvalue weighted by Gasteiger charge is 2.24. The van der Waals surface area contributed by atoms with Gasteiger partial charge in [0.1, 0.15) is 0 Å². The second-order valence-electron chi connectivity index (χ2n) is 4.08. The lowest BCUT2D eigenvalue weighted by atomic mass is 9.88. The van der Waals surface area contributed by atoms with Crippen LogP contribution in [0.4, 0.5) is 0 Å². The molecule has 0 aromatic heterocycles. The summed E-state index contributed by atoms with van der Waals surface area (Å²) >= 11 is 0. The van der Waals surface area contributed by atoms with Gasteiger partial charge in [-0.1, -0.05) is 42.8 Å². The summed E-state index contributed by atoms with van der Waals surface area (Å²) in [6, 6.07) is 10.3. The Labute approximate surface area is 114 Å². The van der Waals surface area contributed by atoms with Gasteiger partial charge in [0, 0.05) is 5.41 Å². The maximum atomic E-state index is 8.66. The van der Waals surface area contributed by atoms with Gasteiger partial charge < -0.3 is 15.3 Å². The number of rotatable bonds is 4. The number of aliphatic hydroxyl groups excluding tert-OH is 3. The Kier molecular flexibility index (Phi) is 13.5. The number of aliphatic hydroxyl groups is 3. The highest BCUT2D eigenvalue weighted by atomic mass is 16.3. The van der Waals surface area contributed by atoms with Crippen molar-refractivity contribution >= 4 is 6.08 Å². The number of aryl methyl sites for hydroxylation is 1. The molecular weight excluding hydrogens is 246 g/mol. The molecule has 5 nitrogen and oxygen atoms in total. The zero-order chi connectivity index (χ0) is 15.1. The smallest absolute Gasteiger partial charge is 0.231 e. The number of nitrogens with one attached hydrogen (secondary N) is 1. The summed E-state index contributed by atoms with van der Waals surface area (Å²) in [6.45, 7) is 3.44. The average Bonchev–Trinajstić information content (AvgIpc) is 2.44. The Balaban J connectivity index is 0. The van der Waals surface area contributed by atoms with Crippen molar-refractivity contribution in [2.75, 3.05) is 19.8 Å². The first kappa shape index (κ1) is 19.8. The number of hydrogen-bond acceptors (Lipinski definition) is 5. The van der Waals surface area contributed by atoms with E-state index < -0.39 is 5.41 Å². The summed E-state index contributed by atoms with van der Waals surface area (Å²) in [5.41, 5.74) is 0.655. The van der Waals surface area contributed by atoms with Gasteiger partial charge in [0.15, 0.2) is 0 Å². The van der Waals surface area contributed by atoms with Gasteiger partial charge in [0.05, 0.1) is 19.8 Å². The van der Waals surface area contributed by atoms with Crippen molar-refractivity contribution in [2.45, 2.75) is 20.3 Å². The van der Waals surface area contributed by atoms with Crippen LogP contribution in [0.15, 0.2) is 30.3 Å². The maximum Gasteiger partial charge on any atom is 0.231 e. The molecule has 4 N–H and O–H groups in total. The minimum atomic E-state index is -0.667. The molecule has 19 heavy (non-hydrogen) atoms. The third-order valence-corrected chi connectivity index (χ3v) is 2.70. The fraction of sp³-hybridized carbons (Fsp3) is 0.500. The summed E-state index contributed by atoms with van der Waals surface area (Å²) in [6.07, 6.45) is 1.34. The van der Waals surface area contributed by atoms with Gasteiger partial charge in [-0.05, 0) is 13.3 Å². The van der Waals surface area contributed by atoms with E-state index in [1.807, 2.05) is 25.1 Å². The van der Waals surface area contributed by atoms with Crippen LogP contribution < -0.4 is 0 Å². The SMILES string of the molecule is CCC(CO)(CO)CO.Cc1ccccc1.N=C=O. The summed E-state index contributed by atoms with van der Waals surface area (Å²) < 4.78 is 0. The maximum absolute atomic E-state index is 8.66. The highest BCUT2D eigenvalue weighted by Crippen LogP contribution is 2.18. The predicted octanol–water partition coefficient (Wildman–Crippen LogP) is 1.26.